The lowest BCUT2D eigenvalue weighted by Gasteiger charge is -2.21. The molecule has 7 N–H and O–H groups in total. The van der Waals surface area contributed by atoms with Gasteiger partial charge in [0.25, 0.3) is 0 Å². The van der Waals surface area contributed by atoms with Crippen LogP contribution in [0.15, 0.2) is 205 Å². The number of halogens is 12. The van der Waals surface area contributed by atoms with Gasteiger partial charge in [-0.1, -0.05) is 133 Å². The number of sulfonamides is 2. The summed E-state index contributed by atoms with van der Waals surface area (Å²) in [4.78, 5) is 23.0. The van der Waals surface area contributed by atoms with Gasteiger partial charge in [0, 0.05) is 11.1 Å². The van der Waals surface area contributed by atoms with E-state index in [2.05, 4.69) is 29.9 Å². The third-order valence-corrected chi connectivity index (χ3v) is 18.0. The number of fused-ring (bicyclic) bond motifs is 3. The first kappa shape index (κ1) is 77.4. The summed E-state index contributed by atoms with van der Waals surface area (Å²) >= 11 is 0. The number of primary sulfonamides is 1. The quantitative estimate of drug-likeness (QED) is 0.0416. The van der Waals surface area contributed by atoms with E-state index in [1.54, 1.807) is 146 Å². The van der Waals surface area contributed by atoms with E-state index >= 15 is 0 Å². The maximum Gasteiger partial charge on any atom is 0.516 e. The smallest absolute Gasteiger partial charge is 0.481 e. The number of para-hydroxylation sites is 1. The number of hydrogen-bond donors (Lipinski definition) is 6. The third kappa shape index (κ3) is 20.0. The summed E-state index contributed by atoms with van der Waals surface area (Å²) in [6, 6.07) is 54.5. The summed E-state index contributed by atoms with van der Waals surface area (Å²) in [5, 5.41) is 15.9. The Balaban J connectivity index is 0.000000170. The van der Waals surface area contributed by atoms with Gasteiger partial charge in [-0.15, -0.1) is 0 Å². The topological polar surface area (TPSA) is 240 Å². The van der Waals surface area contributed by atoms with E-state index in [0.717, 1.165) is 59.6 Å². The van der Waals surface area contributed by atoms with Gasteiger partial charge in [-0.25, -0.2) is 28.5 Å². The average molecular weight is 1510 g/mol. The molecule has 3 atom stereocenters. The van der Waals surface area contributed by atoms with Gasteiger partial charge in [-0.05, 0) is 182 Å². The largest absolute Gasteiger partial charge is 0.516 e. The number of nitrogens with two attached hydrogens (primary N) is 1. The molecule has 0 aliphatic carbocycles. The summed E-state index contributed by atoms with van der Waals surface area (Å²) in [5.74, 6) is 1.99. The van der Waals surface area contributed by atoms with Crippen LogP contribution in [0.1, 0.15) is 74.3 Å². The minimum absolute atomic E-state index is 0.0334. The second-order valence-electron chi connectivity index (χ2n) is 24.4. The summed E-state index contributed by atoms with van der Waals surface area (Å²) < 4.78 is 216. The molecule has 0 amide bonds. The van der Waals surface area contributed by atoms with E-state index in [0.29, 0.717) is 61.8 Å². The van der Waals surface area contributed by atoms with Gasteiger partial charge in [0.05, 0.1) is 49.3 Å². The predicted molar refractivity (Wildman–Crippen MR) is 384 cm³/mol. The number of nitrogens with zero attached hydrogens (tertiary/aromatic N) is 3. The molecule has 3 unspecified atom stereocenters. The molecule has 9 aromatic carbocycles. The monoisotopic (exact) mass is 1510 g/mol. The number of alkyl halides is 12. The van der Waals surface area contributed by atoms with Crippen LogP contribution in [-0.4, -0.2) is 94.2 Å². The highest BCUT2D eigenvalue weighted by Gasteiger charge is 2.46. The molecule has 0 saturated heterocycles. The lowest BCUT2D eigenvalue weighted by atomic mass is 9.89. The molecule has 0 bridgehead atoms. The Morgan fingerprint density at radius 1 is 0.425 bits per heavy atom. The zero-order chi connectivity index (χ0) is 76.7. The molecule has 30 heteroatoms. The van der Waals surface area contributed by atoms with E-state index in [4.69, 9.17) is 19.3 Å². The highest BCUT2D eigenvalue weighted by atomic mass is 32.2. The minimum Gasteiger partial charge on any atom is -0.481 e. The molecule has 0 saturated carbocycles. The van der Waals surface area contributed by atoms with Crippen LogP contribution in [0.2, 0.25) is 0 Å². The fourth-order valence-corrected chi connectivity index (χ4v) is 11.7. The Hall–Kier alpha value is -11.2. The number of rotatable bonds is 19. The van der Waals surface area contributed by atoms with Crippen LogP contribution in [-0.2, 0) is 25.6 Å². The Morgan fingerprint density at radius 2 is 0.745 bits per heavy atom. The summed E-state index contributed by atoms with van der Waals surface area (Å²) in [7, 11) is -9.49. The van der Waals surface area contributed by atoms with Crippen molar-refractivity contribution in [3.63, 3.8) is 0 Å². The van der Waals surface area contributed by atoms with E-state index in [1.807, 2.05) is 48.5 Å². The zero-order valence-corrected chi connectivity index (χ0v) is 58.0. The lowest BCUT2D eigenvalue weighted by Crippen LogP contribution is -2.31. The molecule has 106 heavy (non-hydrogen) atoms. The molecule has 0 aliphatic heterocycles. The number of aliphatic hydroxyl groups is 1. The number of aromatic amines is 3. The molecule has 0 spiro atoms. The Kier molecular flexibility index (Phi) is 22.8. The standard InChI is InChI=1S/C27H25F3N2O2.C25H19F6N3O3S.C24H20F3N3O3S/c1-17(27(28,29)30)34-20-12-8-18(9-13-20)10-15-25-31-23-14-11-19(16-24(23)32-25)21-6-4-5-7-22(21)26(2,3)33;1-15(24(26,27)28)37-18-10-6-16(7-11-18)8-13-23-32-21-12-9-17(14-22(21)33-23)19-4-2-3-5-20(19)34-38(35,36)25(29,30)31;1-15(24(25,26)27)33-18-10-6-16(7-11-18)8-13-23-29-20-12-9-17(14-21(20)30-23)19-4-2-3-5-22(19)34(28,31)32/h4-17,33H,1-3H3,(H,31,32);2-15,34H,1H3,(H,32,33);2-15H,1H3,(H,29,30)(H2,28,31,32)/b15-10+;2*13-8+. The van der Waals surface area contributed by atoms with E-state index < -0.39 is 68.0 Å². The first-order valence-electron chi connectivity index (χ1n) is 31.9. The predicted octanol–water partition coefficient (Wildman–Crippen LogP) is 19.3. The van der Waals surface area contributed by atoms with E-state index in [-0.39, 0.29) is 33.4 Å². The van der Waals surface area contributed by atoms with Gasteiger partial charge in [0.1, 0.15) is 34.7 Å². The Bertz CT molecular complexity index is 5420. The van der Waals surface area contributed by atoms with Crippen molar-refractivity contribution < 1.29 is 88.8 Å². The normalized spacial score (nSPS) is 13.5. The molecule has 0 aliphatic rings. The number of H-pyrrole nitrogens is 3. The van der Waals surface area contributed by atoms with Gasteiger partial charge in [-0.2, -0.15) is 61.1 Å². The fourth-order valence-electron chi connectivity index (χ4n) is 10.4. The second-order valence-corrected chi connectivity index (χ2v) is 27.6. The number of imidazole rings is 3. The van der Waals surface area contributed by atoms with Crippen LogP contribution in [0.5, 0.6) is 17.2 Å². The SMILES string of the molecule is CC(Oc1ccc(/C=C/c2nc3ccc(-c4ccccc4C(C)(C)O)cc3[nH]2)cc1)C(F)(F)F.CC(Oc1ccc(/C=C/c2nc3ccc(-c4ccccc4NS(=O)(=O)C(F)(F)F)cc3[nH]2)cc1)C(F)(F)F.CC(Oc1ccc(/C=C/c2nc3ccc(-c4ccccc4S(N)(=O)=O)cc3[nH]2)cc1)C(F)(F)F. The van der Waals surface area contributed by atoms with Gasteiger partial charge < -0.3 is 34.3 Å². The first-order valence-corrected chi connectivity index (χ1v) is 34.9. The molecule has 0 fully saturated rings. The summed E-state index contributed by atoms with van der Waals surface area (Å²) in [6.07, 6.45) is -8.60. The maximum atomic E-state index is 12.9. The van der Waals surface area contributed by atoms with Crippen molar-refractivity contribution in [1.29, 1.82) is 0 Å². The molecule has 16 nitrogen and oxygen atoms in total. The minimum atomic E-state index is -5.61. The molecule has 3 heterocycles. The van der Waals surface area contributed by atoms with Gasteiger partial charge in [0.15, 0.2) is 18.3 Å². The molecular weight excluding hydrogens is 1440 g/mol. The number of anilines is 1. The van der Waals surface area contributed by atoms with Crippen molar-refractivity contribution in [2.75, 3.05) is 4.72 Å². The molecule has 12 aromatic rings. The van der Waals surface area contributed by atoms with Crippen molar-refractivity contribution in [3.05, 3.63) is 240 Å². The number of aromatic nitrogens is 6. The highest BCUT2D eigenvalue weighted by Crippen LogP contribution is 2.37. The maximum absolute atomic E-state index is 12.9. The van der Waals surface area contributed by atoms with Gasteiger partial charge >= 0.3 is 34.1 Å². The lowest BCUT2D eigenvalue weighted by molar-refractivity contribution is -0.189. The van der Waals surface area contributed by atoms with Crippen molar-refractivity contribution >= 4 is 95.3 Å². The zero-order valence-electron chi connectivity index (χ0n) is 56.3. The Labute approximate surface area is 599 Å². The molecule has 0 radical (unpaired) electrons. The fraction of sp³-hybridized carbons (Fsp3) is 0.171. The average Bonchev–Trinajstić information content (AvgIpc) is 1.44. The highest BCUT2D eigenvalue weighted by molar-refractivity contribution is 7.93. The number of benzene rings is 9. The molecule has 552 valence electrons. The second kappa shape index (κ2) is 31.2. The summed E-state index contributed by atoms with van der Waals surface area (Å²) in [5.41, 5.74) is 4.25. The number of ether oxygens (including phenoxy) is 3. The molecular formula is C76H64F12N8O8S2. The third-order valence-electron chi connectivity index (χ3n) is 16.0. The Morgan fingerprint density at radius 3 is 1.09 bits per heavy atom. The van der Waals surface area contributed by atoms with Gasteiger partial charge in [0.2, 0.25) is 10.0 Å². The van der Waals surface area contributed by atoms with Crippen LogP contribution in [0.3, 0.4) is 0 Å². The van der Waals surface area contributed by atoms with Crippen LogP contribution in [0.25, 0.3) is 103 Å². The van der Waals surface area contributed by atoms with Crippen LogP contribution in [0.4, 0.5) is 58.4 Å². The molecule has 12 rings (SSSR count). The first-order chi connectivity index (χ1) is 49.7. The van der Waals surface area contributed by atoms with Gasteiger partial charge in [-0.3, -0.25) is 4.72 Å². The van der Waals surface area contributed by atoms with E-state index in [9.17, 15) is 74.6 Å². The van der Waals surface area contributed by atoms with Crippen molar-refractivity contribution in [3.8, 4) is 50.6 Å². The molecule has 3 aromatic heterocycles. The number of nitrogens with one attached hydrogen (secondary N) is 4. The van der Waals surface area contributed by atoms with Crippen molar-refractivity contribution in [2.24, 2.45) is 5.14 Å². The van der Waals surface area contributed by atoms with Crippen LogP contribution in [0, 0.1) is 0 Å². The van der Waals surface area contributed by atoms with Crippen LogP contribution >= 0.6 is 0 Å². The van der Waals surface area contributed by atoms with Crippen LogP contribution < -0.4 is 24.1 Å². The summed E-state index contributed by atoms with van der Waals surface area (Å²) in [6.45, 7) is 6.37. The van der Waals surface area contributed by atoms with Crippen molar-refractivity contribution in [2.45, 2.75) is 87.5 Å². The van der Waals surface area contributed by atoms with Crippen molar-refractivity contribution in [1.82, 2.24) is 29.9 Å². The number of hydrogen-bond acceptors (Lipinski definition) is 11. The van der Waals surface area contributed by atoms with E-state index in [1.165, 1.54) is 60.7 Å².